The molecule has 1 aliphatic heterocycles. The van der Waals surface area contributed by atoms with E-state index in [1.807, 2.05) is 0 Å². The lowest BCUT2D eigenvalue weighted by atomic mass is 9.98. The molecule has 1 saturated heterocycles. The van der Waals surface area contributed by atoms with Crippen molar-refractivity contribution >= 4 is 12.6 Å². The average Bonchev–Trinajstić information content (AvgIpc) is 2.20. The second-order valence-electron chi connectivity index (χ2n) is 3.59. The SMILES string of the molecule is Sc1ccc([C@@H]2CCCCN2)cc1. The first-order valence-corrected chi connectivity index (χ1v) is 5.33. The number of nitrogens with one attached hydrogen (secondary N) is 1. The molecule has 0 spiro atoms. The Morgan fingerprint density at radius 2 is 1.92 bits per heavy atom. The van der Waals surface area contributed by atoms with Crippen LogP contribution in [0.1, 0.15) is 30.9 Å². The molecule has 0 radical (unpaired) electrons. The predicted octanol–water partition coefficient (Wildman–Crippen LogP) is 2.79. The molecule has 0 aromatic heterocycles. The summed E-state index contributed by atoms with van der Waals surface area (Å²) in [6.07, 6.45) is 3.94. The highest BCUT2D eigenvalue weighted by Gasteiger charge is 2.13. The molecule has 0 unspecified atom stereocenters. The van der Waals surface area contributed by atoms with Crippen molar-refractivity contribution in [1.82, 2.24) is 5.32 Å². The molecule has 1 N–H and O–H groups in total. The van der Waals surface area contributed by atoms with Gasteiger partial charge in [-0.2, -0.15) is 0 Å². The van der Waals surface area contributed by atoms with E-state index in [2.05, 4.69) is 42.2 Å². The van der Waals surface area contributed by atoms with Crippen LogP contribution in [-0.2, 0) is 0 Å². The molecular weight excluding hydrogens is 178 g/mol. The average molecular weight is 193 g/mol. The van der Waals surface area contributed by atoms with Gasteiger partial charge < -0.3 is 5.32 Å². The van der Waals surface area contributed by atoms with Crippen LogP contribution < -0.4 is 5.32 Å². The van der Waals surface area contributed by atoms with E-state index in [0.29, 0.717) is 6.04 Å². The Kier molecular flexibility index (Phi) is 2.91. The quantitative estimate of drug-likeness (QED) is 0.654. The fourth-order valence-electron chi connectivity index (χ4n) is 1.84. The number of thiol groups is 1. The van der Waals surface area contributed by atoms with Crippen LogP contribution in [0.3, 0.4) is 0 Å². The minimum Gasteiger partial charge on any atom is -0.310 e. The molecular formula is C11H15NS. The third-order valence-corrected chi connectivity index (χ3v) is 2.90. The summed E-state index contributed by atoms with van der Waals surface area (Å²) in [5.41, 5.74) is 1.40. The van der Waals surface area contributed by atoms with Crippen molar-refractivity contribution in [3.63, 3.8) is 0 Å². The third-order valence-electron chi connectivity index (χ3n) is 2.61. The Balaban J connectivity index is 2.10. The van der Waals surface area contributed by atoms with Crippen molar-refractivity contribution in [3.8, 4) is 0 Å². The second-order valence-corrected chi connectivity index (χ2v) is 4.11. The van der Waals surface area contributed by atoms with E-state index >= 15 is 0 Å². The Morgan fingerprint density at radius 1 is 1.15 bits per heavy atom. The lowest BCUT2D eigenvalue weighted by Crippen LogP contribution is -2.26. The lowest BCUT2D eigenvalue weighted by molar-refractivity contribution is 0.412. The molecule has 0 bridgehead atoms. The van der Waals surface area contributed by atoms with Gasteiger partial charge in [0.15, 0.2) is 0 Å². The van der Waals surface area contributed by atoms with E-state index in [0.717, 1.165) is 11.4 Å². The van der Waals surface area contributed by atoms with Crippen LogP contribution in [0.5, 0.6) is 0 Å². The molecule has 1 heterocycles. The molecule has 70 valence electrons. The minimum atomic E-state index is 0.572. The van der Waals surface area contributed by atoms with Gasteiger partial charge in [0, 0.05) is 10.9 Å². The van der Waals surface area contributed by atoms with E-state index < -0.39 is 0 Å². The Bertz CT molecular complexity index is 262. The van der Waals surface area contributed by atoms with Crippen molar-refractivity contribution in [1.29, 1.82) is 0 Å². The summed E-state index contributed by atoms with van der Waals surface area (Å²) in [5, 5.41) is 3.53. The summed E-state index contributed by atoms with van der Waals surface area (Å²) >= 11 is 4.28. The van der Waals surface area contributed by atoms with E-state index in [1.165, 1.54) is 24.8 Å². The summed E-state index contributed by atoms with van der Waals surface area (Å²) in [4.78, 5) is 1.04. The van der Waals surface area contributed by atoms with Gasteiger partial charge in [-0.3, -0.25) is 0 Å². The van der Waals surface area contributed by atoms with Crippen molar-refractivity contribution in [2.24, 2.45) is 0 Å². The fourth-order valence-corrected chi connectivity index (χ4v) is 1.99. The predicted molar refractivity (Wildman–Crippen MR) is 58.3 cm³/mol. The van der Waals surface area contributed by atoms with E-state index in [4.69, 9.17) is 0 Å². The van der Waals surface area contributed by atoms with E-state index in [1.54, 1.807) is 0 Å². The molecule has 1 fully saturated rings. The summed E-state index contributed by atoms with van der Waals surface area (Å²) < 4.78 is 0. The first kappa shape index (κ1) is 9.10. The summed E-state index contributed by atoms with van der Waals surface area (Å²) in [7, 11) is 0. The molecule has 13 heavy (non-hydrogen) atoms. The normalized spacial score (nSPS) is 23.0. The van der Waals surface area contributed by atoms with Crippen LogP contribution in [0.25, 0.3) is 0 Å². The number of hydrogen-bond acceptors (Lipinski definition) is 2. The minimum absolute atomic E-state index is 0.572. The van der Waals surface area contributed by atoms with Gasteiger partial charge in [0.05, 0.1) is 0 Å². The van der Waals surface area contributed by atoms with Crippen molar-refractivity contribution in [3.05, 3.63) is 29.8 Å². The maximum absolute atomic E-state index is 4.28. The Morgan fingerprint density at radius 3 is 2.54 bits per heavy atom. The number of rotatable bonds is 1. The summed E-state index contributed by atoms with van der Waals surface area (Å²) in [6, 6.07) is 9.04. The van der Waals surface area contributed by atoms with Crippen molar-refractivity contribution in [2.75, 3.05) is 6.54 Å². The zero-order chi connectivity index (χ0) is 9.10. The molecule has 2 heteroatoms. The summed E-state index contributed by atoms with van der Waals surface area (Å²) in [5.74, 6) is 0. The first-order chi connectivity index (χ1) is 6.36. The van der Waals surface area contributed by atoms with Gasteiger partial charge in [0.25, 0.3) is 0 Å². The molecule has 0 saturated carbocycles. The second kappa shape index (κ2) is 4.16. The first-order valence-electron chi connectivity index (χ1n) is 4.88. The maximum Gasteiger partial charge on any atom is 0.0320 e. The molecule has 1 nitrogen and oxygen atoms in total. The fraction of sp³-hybridized carbons (Fsp3) is 0.455. The summed E-state index contributed by atoms with van der Waals surface area (Å²) in [6.45, 7) is 1.16. The molecule has 1 aliphatic rings. The highest BCUT2D eigenvalue weighted by atomic mass is 32.1. The largest absolute Gasteiger partial charge is 0.310 e. The number of hydrogen-bond donors (Lipinski definition) is 2. The van der Waals surface area contributed by atoms with Crippen LogP contribution in [0, 0.1) is 0 Å². The Labute approximate surface area is 85.0 Å². The zero-order valence-electron chi connectivity index (χ0n) is 7.66. The van der Waals surface area contributed by atoms with Crippen LogP contribution in [0.2, 0.25) is 0 Å². The maximum atomic E-state index is 4.28. The topological polar surface area (TPSA) is 12.0 Å². The van der Waals surface area contributed by atoms with Gasteiger partial charge in [-0.15, -0.1) is 12.6 Å². The van der Waals surface area contributed by atoms with Gasteiger partial charge in [-0.05, 0) is 37.1 Å². The van der Waals surface area contributed by atoms with Crippen LogP contribution in [0.15, 0.2) is 29.2 Å². The molecule has 0 aliphatic carbocycles. The molecule has 1 aromatic carbocycles. The van der Waals surface area contributed by atoms with Crippen LogP contribution >= 0.6 is 12.6 Å². The van der Waals surface area contributed by atoms with Crippen LogP contribution in [-0.4, -0.2) is 6.54 Å². The van der Waals surface area contributed by atoms with Crippen molar-refractivity contribution in [2.45, 2.75) is 30.2 Å². The molecule has 0 amide bonds. The number of benzene rings is 1. The van der Waals surface area contributed by atoms with Crippen molar-refractivity contribution < 1.29 is 0 Å². The van der Waals surface area contributed by atoms with Gasteiger partial charge in [-0.1, -0.05) is 18.6 Å². The highest BCUT2D eigenvalue weighted by molar-refractivity contribution is 7.80. The molecule has 1 aromatic rings. The van der Waals surface area contributed by atoms with Gasteiger partial charge in [-0.25, -0.2) is 0 Å². The Hall–Kier alpha value is -0.470. The lowest BCUT2D eigenvalue weighted by Gasteiger charge is -2.23. The van der Waals surface area contributed by atoms with E-state index in [-0.39, 0.29) is 0 Å². The third kappa shape index (κ3) is 2.26. The molecule has 2 rings (SSSR count). The smallest absolute Gasteiger partial charge is 0.0320 e. The zero-order valence-corrected chi connectivity index (χ0v) is 8.56. The van der Waals surface area contributed by atoms with E-state index in [9.17, 15) is 0 Å². The highest BCUT2D eigenvalue weighted by Crippen LogP contribution is 2.23. The monoisotopic (exact) mass is 193 g/mol. The number of piperidine rings is 1. The van der Waals surface area contributed by atoms with Gasteiger partial charge >= 0.3 is 0 Å². The standard InChI is InChI=1S/C11H15NS/c13-10-6-4-9(5-7-10)11-3-1-2-8-12-11/h4-7,11-13H,1-3,8H2/t11-/m0/s1. The molecule has 1 atom stereocenters. The van der Waals surface area contributed by atoms with Gasteiger partial charge in [0.2, 0.25) is 0 Å². The van der Waals surface area contributed by atoms with Gasteiger partial charge in [0.1, 0.15) is 0 Å². The van der Waals surface area contributed by atoms with Crippen LogP contribution in [0.4, 0.5) is 0 Å².